The fourth-order valence-electron chi connectivity index (χ4n) is 7.86. The maximum atomic E-state index is 14.0. The zero-order chi connectivity index (χ0) is 32.3. The number of nitrogens with one attached hydrogen (secondary N) is 2. The Hall–Kier alpha value is -4.00. The van der Waals surface area contributed by atoms with E-state index in [9.17, 15) is 32.3 Å². The van der Waals surface area contributed by atoms with Gasteiger partial charge in [-0.2, -0.15) is 13.2 Å². The number of nitrogens with zero attached hydrogens (tertiary/aromatic N) is 2. The van der Waals surface area contributed by atoms with E-state index < -0.39 is 41.3 Å². The smallest absolute Gasteiger partial charge is 0.419 e. The first kappa shape index (κ1) is 30.6. The predicted molar refractivity (Wildman–Crippen MR) is 157 cm³/mol. The number of oxime groups is 1. The second-order valence-electron chi connectivity index (χ2n) is 13.0. The van der Waals surface area contributed by atoms with E-state index in [-0.39, 0.29) is 53.5 Å². The number of aliphatic hydroxyl groups excluding tert-OH is 1. The van der Waals surface area contributed by atoms with Gasteiger partial charge in [0.15, 0.2) is 0 Å². The molecule has 1 aliphatic heterocycles. The van der Waals surface area contributed by atoms with Gasteiger partial charge in [0, 0.05) is 41.9 Å². The van der Waals surface area contributed by atoms with E-state index in [4.69, 9.17) is 9.57 Å². The third-order valence-corrected chi connectivity index (χ3v) is 10.2. The first-order chi connectivity index (χ1) is 22.0. The van der Waals surface area contributed by atoms with Gasteiger partial charge in [-0.25, -0.2) is 9.37 Å². The van der Waals surface area contributed by atoms with Crippen LogP contribution in [0.25, 0.3) is 0 Å². The Labute approximate surface area is 262 Å². The minimum Gasteiger partial charge on any atom is -0.480 e. The van der Waals surface area contributed by atoms with E-state index in [2.05, 4.69) is 26.8 Å². The molecule has 7 atom stereocenters. The largest absolute Gasteiger partial charge is 0.480 e. The van der Waals surface area contributed by atoms with E-state index in [1.165, 1.54) is 7.11 Å². The van der Waals surface area contributed by atoms with Crippen molar-refractivity contribution in [2.24, 2.45) is 40.7 Å². The van der Waals surface area contributed by atoms with Crippen molar-refractivity contribution in [3.8, 4) is 5.88 Å². The summed E-state index contributed by atoms with van der Waals surface area (Å²) in [6.07, 6.45) is 3.65. The molecule has 2 heterocycles. The molecule has 3 N–H and O–H groups in total. The Balaban J connectivity index is 1.16. The lowest BCUT2D eigenvalue weighted by atomic mass is 9.83. The number of fused-ring (bicyclic) bond motifs is 3. The van der Waals surface area contributed by atoms with Crippen LogP contribution in [0.1, 0.15) is 60.0 Å². The molecular formula is C33H34F4N4O5. The van der Waals surface area contributed by atoms with Crippen molar-refractivity contribution in [2.75, 3.05) is 19.0 Å². The lowest BCUT2D eigenvalue weighted by Gasteiger charge is -2.30. The Kier molecular flexibility index (Phi) is 7.77. The highest BCUT2D eigenvalue weighted by atomic mass is 19.4. The number of amides is 2. The van der Waals surface area contributed by atoms with Gasteiger partial charge in [0.1, 0.15) is 17.5 Å². The van der Waals surface area contributed by atoms with E-state index in [0.717, 1.165) is 30.9 Å². The molecule has 5 unspecified atom stereocenters. The van der Waals surface area contributed by atoms with Crippen LogP contribution in [-0.4, -0.2) is 53.5 Å². The number of hydrogen-bond donors (Lipinski definition) is 3. The molecule has 0 saturated heterocycles. The third-order valence-electron chi connectivity index (χ3n) is 10.2. The highest BCUT2D eigenvalue weighted by molar-refractivity contribution is 6.06. The SMILES string of the molecule is COc1ncc(C2=NOC3CC(CO)CC23)cc1C(=O)N[C@@H]1C2CCC(/C2=C/C2CC2)[C@@H]1C(=O)Nc1ccc(F)c(C(F)(F)F)c1. The zero-order valence-corrected chi connectivity index (χ0v) is 25.0. The molecule has 46 heavy (non-hydrogen) atoms. The van der Waals surface area contributed by atoms with Gasteiger partial charge in [-0.1, -0.05) is 16.8 Å². The number of anilines is 1. The van der Waals surface area contributed by atoms with Crippen LogP contribution in [0.4, 0.5) is 23.2 Å². The zero-order valence-electron chi connectivity index (χ0n) is 25.0. The van der Waals surface area contributed by atoms with Crippen molar-refractivity contribution in [3.05, 3.63) is 64.6 Å². The van der Waals surface area contributed by atoms with E-state index >= 15 is 0 Å². The number of ether oxygens (including phenoxy) is 1. The number of methoxy groups -OCH3 is 1. The highest BCUT2D eigenvalue weighted by Gasteiger charge is 2.55. The molecule has 2 amide bonds. The first-order valence-electron chi connectivity index (χ1n) is 15.6. The fraction of sp³-hybridized carbons (Fsp3) is 0.515. The third kappa shape index (κ3) is 5.52. The lowest BCUT2D eigenvalue weighted by Crippen LogP contribution is -2.48. The van der Waals surface area contributed by atoms with Crippen LogP contribution in [0.5, 0.6) is 5.88 Å². The molecule has 1 aromatic heterocycles. The summed E-state index contributed by atoms with van der Waals surface area (Å²) in [4.78, 5) is 37.7. The molecule has 0 spiro atoms. The number of rotatable bonds is 8. The summed E-state index contributed by atoms with van der Waals surface area (Å²) in [5.74, 6) is -2.97. The number of carbonyl (C=O) groups is 2. The Morgan fingerprint density at radius 3 is 2.61 bits per heavy atom. The topological polar surface area (TPSA) is 122 Å². The monoisotopic (exact) mass is 642 g/mol. The number of alkyl halides is 3. The van der Waals surface area contributed by atoms with Crippen LogP contribution in [0.3, 0.4) is 0 Å². The number of allylic oxidation sites excluding steroid dienone is 1. The average molecular weight is 643 g/mol. The minimum absolute atomic E-state index is 0.0404. The molecule has 9 nitrogen and oxygen atoms in total. The number of aliphatic hydroxyl groups is 1. The highest BCUT2D eigenvalue weighted by Crippen LogP contribution is 2.54. The van der Waals surface area contributed by atoms with Gasteiger partial charge in [-0.15, -0.1) is 0 Å². The van der Waals surface area contributed by atoms with Gasteiger partial charge in [0.05, 0.1) is 24.3 Å². The summed E-state index contributed by atoms with van der Waals surface area (Å²) in [5.41, 5.74) is 0.840. The molecule has 4 fully saturated rings. The van der Waals surface area contributed by atoms with Gasteiger partial charge in [0.25, 0.3) is 5.91 Å². The van der Waals surface area contributed by atoms with Crippen molar-refractivity contribution in [2.45, 2.75) is 56.8 Å². The van der Waals surface area contributed by atoms with E-state index in [0.29, 0.717) is 48.6 Å². The molecule has 0 radical (unpaired) electrons. The van der Waals surface area contributed by atoms with Crippen LogP contribution >= 0.6 is 0 Å². The summed E-state index contributed by atoms with van der Waals surface area (Å²) >= 11 is 0. The number of benzene rings is 1. The second kappa shape index (κ2) is 11.7. The maximum absolute atomic E-state index is 14.0. The quantitative estimate of drug-likeness (QED) is 0.272. The Morgan fingerprint density at radius 1 is 1.11 bits per heavy atom. The molecule has 5 aliphatic rings. The van der Waals surface area contributed by atoms with Gasteiger partial charge in [-0.05, 0) is 80.5 Å². The number of halogens is 4. The molecular weight excluding hydrogens is 608 g/mol. The average Bonchev–Trinajstić information content (AvgIpc) is 3.30. The summed E-state index contributed by atoms with van der Waals surface area (Å²) in [6, 6.07) is 3.37. The van der Waals surface area contributed by atoms with Gasteiger partial charge < -0.3 is 25.3 Å². The van der Waals surface area contributed by atoms with Crippen LogP contribution < -0.4 is 15.4 Å². The van der Waals surface area contributed by atoms with E-state index in [1.807, 2.05) is 0 Å². The standard InChI is InChI=1S/C33H34F4N4O5/c1-45-32-23(11-17(13-38-32)28-22-9-16(14-42)10-26(22)46-41-28)30(43)40-29-20-6-5-19(21(20)8-15-2-3-15)27(29)31(44)39-18-4-7-25(34)24(12-18)33(35,36)37/h4,7-8,11-13,15-16,19-20,22,26-27,29,42H,2-3,5-6,9-10,14H2,1H3,(H,39,44)(H,40,43)/b21-8-/t16?,19?,20?,22?,26?,27-,29+/m0/s1. The summed E-state index contributed by atoms with van der Waals surface area (Å²) < 4.78 is 59.5. The molecule has 4 aliphatic carbocycles. The van der Waals surface area contributed by atoms with Crippen molar-refractivity contribution >= 4 is 23.2 Å². The second-order valence-corrected chi connectivity index (χ2v) is 13.0. The van der Waals surface area contributed by atoms with Crippen molar-refractivity contribution in [3.63, 3.8) is 0 Å². The van der Waals surface area contributed by atoms with Gasteiger partial charge >= 0.3 is 6.18 Å². The molecule has 4 saturated carbocycles. The number of pyridine rings is 1. The number of carbonyl (C=O) groups excluding carboxylic acids is 2. The first-order valence-corrected chi connectivity index (χ1v) is 15.6. The van der Waals surface area contributed by atoms with Crippen LogP contribution in [-0.2, 0) is 15.8 Å². The van der Waals surface area contributed by atoms with E-state index in [1.54, 1.807) is 12.3 Å². The number of aromatic nitrogens is 1. The predicted octanol–water partition coefficient (Wildman–Crippen LogP) is 5.10. The van der Waals surface area contributed by atoms with Crippen molar-refractivity contribution in [1.82, 2.24) is 10.3 Å². The normalized spacial score (nSPS) is 30.6. The fourth-order valence-corrected chi connectivity index (χ4v) is 7.86. The van der Waals surface area contributed by atoms with Crippen molar-refractivity contribution < 1.29 is 41.8 Å². The molecule has 244 valence electrons. The molecule has 2 bridgehead atoms. The van der Waals surface area contributed by atoms with Crippen LogP contribution in [0.15, 0.2) is 47.3 Å². The molecule has 13 heteroatoms. The number of hydrogen-bond acceptors (Lipinski definition) is 7. The minimum atomic E-state index is -4.93. The summed E-state index contributed by atoms with van der Waals surface area (Å²) in [7, 11) is 1.40. The molecule has 2 aromatic rings. The Morgan fingerprint density at radius 2 is 1.89 bits per heavy atom. The van der Waals surface area contributed by atoms with Gasteiger partial charge in [-0.3, -0.25) is 9.59 Å². The molecule has 7 rings (SSSR count). The van der Waals surface area contributed by atoms with Crippen LogP contribution in [0, 0.1) is 41.3 Å². The van der Waals surface area contributed by atoms with Crippen LogP contribution in [0.2, 0.25) is 0 Å². The van der Waals surface area contributed by atoms with Gasteiger partial charge in [0.2, 0.25) is 11.8 Å². The molecule has 1 aromatic carbocycles. The van der Waals surface area contributed by atoms with Crippen molar-refractivity contribution in [1.29, 1.82) is 0 Å². The maximum Gasteiger partial charge on any atom is 0.419 e. The lowest BCUT2D eigenvalue weighted by molar-refractivity contribution is -0.140. The summed E-state index contributed by atoms with van der Waals surface area (Å²) in [6.45, 7) is 0.0539. The summed E-state index contributed by atoms with van der Waals surface area (Å²) in [5, 5.41) is 19.5. The Bertz CT molecular complexity index is 1620.